The molecular formula is C12H23NO3. The number of amides is 1. The average Bonchev–Trinajstić information content (AvgIpc) is 2.34. The number of nitrogens with zero attached hydrogens (tertiary/aromatic N) is 1. The Labute approximate surface area is 97.6 Å². The standard InChI is InChI=1S/C12H23NO3/c1-13(7-3-2-4-8-14)12(15)11-5-9-16-10-6-11/h11,14H,2-10H2,1H3. The second kappa shape index (κ2) is 7.63. The summed E-state index contributed by atoms with van der Waals surface area (Å²) in [6.45, 7) is 2.48. The summed E-state index contributed by atoms with van der Waals surface area (Å²) in [5.74, 6) is 0.420. The van der Waals surface area contributed by atoms with Crippen molar-refractivity contribution in [3.05, 3.63) is 0 Å². The number of rotatable bonds is 6. The largest absolute Gasteiger partial charge is 0.396 e. The van der Waals surface area contributed by atoms with Crippen molar-refractivity contribution in [2.45, 2.75) is 32.1 Å². The molecule has 1 aliphatic rings. The van der Waals surface area contributed by atoms with Gasteiger partial charge in [-0.1, -0.05) is 0 Å². The summed E-state index contributed by atoms with van der Waals surface area (Å²) >= 11 is 0. The minimum atomic E-state index is 0.164. The quantitative estimate of drug-likeness (QED) is 0.692. The highest BCUT2D eigenvalue weighted by atomic mass is 16.5. The van der Waals surface area contributed by atoms with Gasteiger partial charge in [0.15, 0.2) is 0 Å². The van der Waals surface area contributed by atoms with Gasteiger partial charge in [-0.3, -0.25) is 4.79 Å². The first-order valence-corrected chi connectivity index (χ1v) is 6.19. The average molecular weight is 229 g/mol. The van der Waals surface area contributed by atoms with Crippen LogP contribution in [0.2, 0.25) is 0 Å². The van der Waals surface area contributed by atoms with Gasteiger partial charge >= 0.3 is 0 Å². The topological polar surface area (TPSA) is 49.8 Å². The minimum absolute atomic E-state index is 0.164. The van der Waals surface area contributed by atoms with E-state index in [1.165, 1.54) is 0 Å². The summed E-state index contributed by atoms with van der Waals surface area (Å²) in [4.78, 5) is 13.8. The number of ether oxygens (including phenoxy) is 1. The van der Waals surface area contributed by atoms with E-state index in [9.17, 15) is 4.79 Å². The molecule has 0 spiro atoms. The second-order valence-electron chi connectivity index (χ2n) is 4.43. The SMILES string of the molecule is CN(CCCCCO)C(=O)C1CCOCC1. The number of aliphatic hydroxyl groups is 1. The first kappa shape index (κ1) is 13.5. The van der Waals surface area contributed by atoms with E-state index < -0.39 is 0 Å². The Morgan fingerprint density at radius 2 is 2.00 bits per heavy atom. The van der Waals surface area contributed by atoms with Crippen LogP contribution in [0.5, 0.6) is 0 Å². The van der Waals surface area contributed by atoms with Gasteiger partial charge in [-0.05, 0) is 32.1 Å². The Hall–Kier alpha value is -0.610. The van der Waals surface area contributed by atoms with Gasteiger partial charge in [0, 0.05) is 39.3 Å². The Kier molecular flexibility index (Phi) is 6.42. The maximum atomic E-state index is 12.0. The smallest absolute Gasteiger partial charge is 0.225 e. The van der Waals surface area contributed by atoms with E-state index in [1.807, 2.05) is 11.9 Å². The number of carbonyl (C=O) groups excluding carboxylic acids is 1. The molecular weight excluding hydrogens is 206 g/mol. The Morgan fingerprint density at radius 3 is 2.62 bits per heavy atom. The highest BCUT2D eigenvalue weighted by Gasteiger charge is 2.23. The van der Waals surface area contributed by atoms with Crippen molar-refractivity contribution < 1.29 is 14.6 Å². The predicted molar refractivity (Wildman–Crippen MR) is 62.1 cm³/mol. The molecule has 0 saturated carbocycles. The summed E-state index contributed by atoms with van der Waals surface area (Å²) in [7, 11) is 1.87. The lowest BCUT2D eigenvalue weighted by Gasteiger charge is -2.26. The fourth-order valence-corrected chi connectivity index (χ4v) is 2.00. The normalized spacial score (nSPS) is 17.4. The summed E-state index contributed by atoms with van der Waals surface area (Å²) in [5.41, 5.74) is 0. The molecule has 1 heterocycles. The van der Waals surface area contributed by atoms with Crippen LogP contribution in [0.25, 0.3) is 0 Å². The van der Waals surface area contributed by atoms with Crippen LogP contribution < -0.4 is 0 Å². The van der Waals surface area contributed by atoms with Gasteiger partial charge in [0.25, 0.3) is 0 Å². The van der Waals surface area contributed by atoms with Crippen LogP contribution in [0.1, 0.15) is 32.1 Å². The molecule has 4 heteroatoms. The number of hydrogen-bond acceptors (Lipinski definition) is 3. The zero-order valence-corrected chi connectivity index (χ0v) is 10.2. The molecule has 94 valence electrons. The van der Waals surface area contributed by atoms with Crippen molar-refractivity contribution in [3.63, 3.8) is 0 Å². The molecule has 1 aliphatic heterocycles. The van der Waals surface area contributed by atoms with E-state index in [1.54, 1.807) is 0 Å². The van der Waals surface area contributed by atoms with Crippen LogP contribution in [0.15, 0.2) is 0 Å². The molecule has 1 amide bonds. The fraction of sp³-hybridized carbons (Fsp3) is 0.917. The third kappa shape index (κ3) is 4.49. The van der Waals surface area contributed by atoms with Gasteiger partial charge in [-0.15, -0.1) is 0 Å². The van der Waals surface area contributed by atoms with Crippen molar-refractivity contribution in [2.24, 2.45) is 5.92 Å². The van der Waals surface area contributed by atoms with Crippen molar-refractivity contribution in [3.8, 4) is 0 Å². The number of carbonyl (C=O) groups is 1. The molecule has 0 aromatic heterocycles. The van der Waals surface area contributed by atoms with Gasteiger partial charge in [-0.25, -0.2) is 0 Å². The van der Waals surface area contributed by atoms with Crippen molar-refractivity contribution in [1.82, 2.24) is 4.90 Å². The molecule has 0 bridgehead atoms. The van der Waals surface area contributed by atoms with E-state index in [0.717, 1.165) is 51.9 Å². The molecule has 0 unspecified atom stereocenters. The van der Waals surface area contributed by atoms with Gasteiger partial charge in [0.05, 0.1) is 0 Å². The van der Waals surface area contributed by atoms with Gasteiger partial charge in [0.1, 0.15) is 0 Å². The third-order valence-corrected chi connectivity index (χ3v) is 3.10. The van der Waals surface area contributed by atoms with Crippen LogP contribution >= 0.6 is 0 Å². The lowest BCUT2D eigenvalue weighted by Crippen LogP contribution is -2.36. The zero-order chi connectivity index (χ0) is 11.8. The molecule has 16 heavy (non-hydrogen) atoms. The van der Waals surface area contributed by atoms with Crippen LogP contribution in [0, 0.1) is 5.92 Å². The molecule has 1 fully saturated rings. The van der Waals surface area contributed by atoms with E-state index in [0.29, 0.717) is 0 Å². The molecule has 1 rings (SSSR count). The monoisotopic (exact) mass is 229 g/mol. The Bertz CT molecular complexity index is 202. The summed E-state index contributed by atoms with van der Waals surface area (Å²) in [5, 5.41) is 8.65. The molecule has 0 aliphatic carbocycles. The number of aliphatic hydroxyl groups excluding tert-OH is 1. The highest BCUT2D eigenvalue weighted by Crippen LogP contribution is 2.17. The Morgan fingerprint density at radius 1 is 1.31 bits per heavy atom. The van der Waals surface area contributed by atoms with Crippen molar-refractivity contribution in [2.75, 3.05) is 33.4 Å². The van der Waals surface area contributed by atoms with Gasteiger partial charge in [-0.2, -0.15) is 0 Å². The fourth-order valence-electron chi connectivity index (χ4n) is 2.00. The van der Waals surface area contributed by atoms with Crippen molar-refractivity contribution >= 4 is 5.91 Å². The molecule has 0 radical (unpaired) electrons. The molecule has 0 aromatic rings. The maximum Gasteiger partial charge on any atom is 0.225 e. The summed E-state index contributed by atoms with van der Waals surface area (Å²) in [6, 6.07) is 0. The van der Waals surface area contributed by atoms with Crippen LogP contribution in [-0.4, -0.2) is 49.3 Å². The van der Waals surface area contributed by atoms with Crippen molar-refractivity contribution in [1.29, 1.82) is 0 Å². The molecule has 1 N–H and O–H groups in total. The summed E-state index contributed by atoms with van der Waals surface area (Å²) < 4.78 is 5.24. The highest BCUT2D eigenvalue weighted by molar-refractivity contribution is 5.78. The first-order chi connectivity index (χ1) is 7.75. The van der Waals surface area contributed by atoms with E-state index >= 15 is 0 Å². The molecule has 0 aromatic carbocycles. The number of unbranched alkanes of at least 4 members (excludes halogenated alkanes) is 2. The maximum absolute atomic E-state index is 12.0. The minimum Gasteiger partial charge on any atom is -0.396 e. The lowest BCUT2D eigenvalue weighted by atomic mass is 9.99. The molecule has 4 nitrogen and oxygen atoms in total. The zero-order valence-electron chi connectivity index (χ0n) is 10.2. The van der Waals surface area contributed by atoms with Gasteiger partial charge < -0.3 is 14.7 Å². The predicted octanol–water partition coefficient (Wildman–Crippen LogP) is 1.03. The molecule has 1 saturated heterocycles. The van der Waals surface area contributed by atoms with E-state index in [4.69, 9.17) is 9.84 Å². The Balaban J connectivity index is 2.18. The van der Waals surface area contributed by atoms with Gasteiger partial charge in [0.2, 0.25) is 5.91 Å². The molecule has 0 atom stereocenters. The lowest BCUT2D eigenvalue weighted by molar-refractivity contribution is -0.137. The third-order valence-electron chi connectivity index (χ3n) is 3.10. The number of hydrogen-bond donors (Lipinski definition) is 1. The van der Waals surface area contributed by atoms with E-state index in [-0.39, 0.29) is 18.4 Å². The summed E-state index contributed by atoms with van der Waals surface area (Å²) in [6.07, 6.45) is 4.52. The second-order valence-corrected chi connectivity index (χ2v) is 4.43. The van der Waals surface area contributed by atoms with Crippen LogP contribution in [-0.2, 0) is 9.53 Å². The van der Waals surface area contributed by atoms with Crippen LogP contribution in [0.3, 0.4) is 0 Å². The first-order valence-electron chi connectivity index (χ1n) is 6.19. The van der Waals surface area contributed by atoms with Crippen LogP contribution in [0.4, 0.5) is 0 Å². The van der Waals surface area contributed by atoms with E-state index in [2.05, 4.69) is 0 Å².